The first-order valence-corrected chi connectivity index (χ1v) is 9.10. The van der Waals surface area contributed by atoms with Crippen molar-refractivity contribution in [1.29, 1.82) is 0 Å². The van der Waals surface area contributed by atoms with Crippen LogP contribution in [0.25, 0.3) is 11.3 Å². The average Bonchev–Trinajstić information content (AvgIpc) is 2.75. The number of nitrogens with zero attached hydrogens (tertiary/aromatic N) is 2. The fourth-order valence-electron chi connectivity index (χ4n) is 2.90. The smallest absolute Gasteiger partial charge is 0.248 e. The van der Waals surface area contributed by atoms with Gasteiger partial charge in [-0.25, -0.2) is 9.97 Å². The van der Waals surface area contributed by atoms with Gasteiger partial charge >= 0.3 is 0 Å². The fraction of sp³-hybridized carbons (Fsp3) is 0. The largest absolute Gasteiger partial charge is 0.366 e. The summed E-state index contributed by atoms with van der Waals surface area (Å²) in [5.74, 6) is -0.0448. The number of primary amides is 1. The molecule has 4 rings (SSSR count). The molecule has 4 aromatic rings. The summed E-state index contributed by atoms with van der Waals surface area (Å²) in [4.78, 5) is 20.2. The Balaban J connectivity index is 1.56. The van der Waals surface area contributed by atoms with E-state index in [1.807, 2.05) is 66.7 Å². The number of para-hydroxylation sites is 1. The SMILES string of the molecule is NC(=O)c1cccc(Nc2nccc(-c3cccc(Nc4ccccc4)c3)n2)c1. The van der Waals surface area contributed by atoms with Gasteiger partial charge in [0.05, 0.1) is 5.69 Å². The summed E-state index contributed by atoms with van der Waals surface area (Å²) in [6.07, 6.45) is 1.69. The molecule has 0 unspecified atom stereocenters. The Kier molecular flexibility index (Phi) is 5.16. The quantitative estimate of drug-likeness (QED) is 0.449. The van der Waals surface area contributed by atoms with E-state index in [9.17, 15) is 4.79 Å². The summed E-state index contributed by atoms with van der Waals surface area (Å²) < 4.78 is 0. The van der Waals surface area contributed by atoms with Gasteiger partial charge in [-0.05, 0) is 48.5 Å². The molecular formula is C23H19N5O. The Morgan fingerprint density at radius 1 is 0.759 bits per heavy atom. The topological polar surface area (TPSA) is 92.9 Å². The lowest BCUT2D eigenvalue weighted by Gasteiger charge is -2.10. The van der Waals surface area contributed by atoms with E-state index < -0.39 is 5.91 Å². The zero-order valence-corrected chi connectivity index (χ0v) is 15.5. The average molecular weight is 381 g/mol. The Labute approximate surface area is 168 Å². The first kappa shape index (κ1) is 18.2. The molecule has 1 heterocycles. The van der Waals surface area contributed by atoms with Gasteiger partial charge in [0.2, 0.25) is 11.9 Å². The number of anilines is 4. The Hall–Kier alpha value is -4.19. The molecular weight excluding hydrogens is 362 g/mol. The molecule has 29 heavy (non-hydrogen) atoms. The van der Waals surface area contributed by atoms with Gasteiger partial charge in [0.25, 0.3) is 0 Å². The van der Waals surface area contributed by atoms with Crippen LogP contribution in [0.15, 0.2) is 91.1 Å². The number of benzene rings is 3. The highest BCUT2D eigenvalue weighted by Gasteiger charge is 2.06. The maximum Gasteiger partial charge on any atom is 0.248 e. The Bertz CT molecular complexity index is 1140. The highest BCUT2D eigenvalue weighted by molar-refractivity contribution is 5.93. The van der Waals surface area contributed by atoms with Crippen molar-refractivity contribution in [3.8, 4) is 11.3 Å². The molecule has 3 aromatic carbocycles. The van der Waals surface area contributed by atoms with Crippen LogP contribution >= 0.6 is 0 Å². The maximum atomic E-state index is 11.4. The molecule has 0 saturated carbocycles. The lowest BCUT2D eigenvalue weighted by molar-refractivity contribution is 0.100. The van der Waals surface area contributed by atoms with Gasteiger partial charge in [0.15, 0.2) is 0 Å². The minimum atomic E-state index is -0.481. The van der Waals surface area contributed by atoms with Crippen LogP contribution in [0, 0.1) is 0 Å². The summed E-state index contributed by atoms with van der Waals surface area (Å²) in [6.45, 7) is 0. The molecule has 0 aliphatic rings. The van der Waals surface area contributed by atoms with Gasteiger partial charge in [-0.1, -0.05) is 36.4 Å². The van der Waals surface area contributed by atoms with Crippen molar-refractivity contribution >= 4 is 28.9 Å². The summed E-state index contributed by atoms with van der Waals surface area (Å²) >= 11 is 0. The minimum Gasteiger partial charge on any atom is -0.366 e. The fourth-order valence-corrected chi connectivity index (χ4v) is 2.90. The number of carbonyl (C=O) groups excluding carboxylic acids is 1. The van der Waals surface area contributed by atoms with Crippen molar-refractivity contribution < 1.29 is 4.79 Å². The number of aromatic nitrogens is 2. The number of hydrogen-bond acceptors (Lipinski definition) is 5. The standard InChI is InChI=1S/C23H19N5O/c24-22(29)17-7-5-11-20(15-17)27-23-25-13-12-21(28-23)16-6-4-10-19(14-16)26-18-8-2-1-3-9-18/h1-15,26H,(H2,24,29)(H,25,27,28). The second-order valence-electron chi connectivity index (χ2n) is 6.41. The molecule has 0 saturated heterocycles. The van der Waals surface area contributed by atoms with Gasteiger partial charge in [-0.3, -0.25) is 4.79 Å². The number of rotatable bonds is 6. The van der Waals surface area contributed by atoms with Crippen molar-refractivity contribution in [1.82, 2.24) is 9.97 Å². The van der Waals surface area contributed by atoms with Crippen LogP contribution < -0.4 is 16.4 Å². The van der Waals surface area contributed by atoms with Crippen molar-refractivity contribution in [3.63, 3.8) is 0 Å². The summed E-state index contributed by atoms with van der Waals surface area (Å²) in [7, 11) is 0. The minimum absolute atomic E-state index is 0.422. The maximum absolute atomic E-state index is 11.4. The number of nitrogens with two attached hydrogens (primary N) is 1. The molecule has 6 heteroatoms. The monoisotopic (exact) mass is 381 g/mol. The number of carbonyl (C=O) groups is 1. The summed E-state index contributed by atoms with van der Waals surface area (Å²) in [5.41, 5.74) is 10.2. The van der Waals surface area contributed by atoms with Crippen LogP contribution in [0.5, 0.6) is 0 Å². The second-order valence-corrected chi connectivity index (χ2v) is 6.41. The number of nitrogens with one attached hydrogen (secondary N) is 2. The Morgan fingerprint density at radius 3 is 2.28 bits per heavy atom. The van der Waals surface area contributed by atoms with Crippen molar-refractivity contribution in [2.24, 2.45) is 5.73 Å². The molecule has 0 aliphatic heterocycles. The molecule has 1 amide bonds. The summed E-state index contributed by atoms with van der Waals surface area (Å²) in [5, 5.41) is 6.50. The van der Waals surface area contributed by atoms with E-state index in [1.165, 1.54) is 0 Å². The summed E-state index contributed by atoms with van der Waals surface area (Å²) in [6, 6.07) is 26.8. The number of hydrogen-bond donors (Lipinski definition) is 3. The van der Waals surface area contributed by atoms with Gasteiger partial charge in [0.1, 0.15) is 0 Å². The van der Waals surface area contributed by atoms with E-state index in [2.05, 4.69) is 20.6 Å². The van der Waals surface area contributed by atoms with E-state index in [1.54, 1.807) is 24.4 Å². The van der Waals surface area contributed by atoms with E-state index >= 15 is 0 Å². The van der Waals surface area contributed by atoms with Crippen LogP contribution in [0.3, 0.4) is 0 Å². The first-order valence-electron chi connectivity index (χ1n) is 9.10. The third-order valence-corrected chi connectivity index (χ3v) is 4.28. The molecule has 0 aliphatic carbocycles. The molecule has 0 atom stereocenters. The lowest BCUT2D eigenvalue weighted by Crippen LogP contribution is -2.11. The van der Waals surface area contributed by atoms with Crippen LogP contribution in [-0.2, 0) is 0 Å². The highest BCUT2D eigenvalue weighted by Crippen LogP contribution is 2.24. The van der Waals surface area contributed by atoms with Gasteiger partial charge < -0.3 is 16.4 Å². The van der Waals surface area contributed by atoms with Gasteiger partial charge in [-0.2, -0.15) is 0 Å². The third-order valence-electron chi connectivity index (χ3n) is 4.28. The van der Waals surface area contributed by atoms with Gasteiger partial charge in [0, 0.05) is 34.4 Å². The van der Waals surface area contributed by atoms with E-state index in [0.717, 1.165) is 22.6 Å². The Morgan fingerprint density at radius 2 is 1.48 bits per heavy atom. The van der Waals surface area contributed by atoms with Crippen LogP contribution in [0.1, 0.15) is 10.4 Å². The molecule has 0 bridgehead atoms. The molecule has 142 valence electrons. The zero-order valence-electron chi connectivity index (χ0n) is 15.5. The van der Waals surface area contributed by atoms with Crippen LogP contribution in [-0.4, -0.2) is 15.9 Å². The van der Waals surface area contributed by atoms with E-state index in [0.29, 0.717) is 17.2 Å². The molecule has 6 nitrogen and oxygen atoms in total. The first-order chi connectivity index (χ1) is 14.2. The van der Waals surface area contributed by atoms with Crippen LogP contribution in [0.2, 0.25) is 0 Å². The normalized spacial score (nSPS) is 10.3. The molecule has 0 spiro atoms. The number of amides is 1. The predicted octanol–water partition coefficient (Wildman–Crippen LogP) is 4.73. The van der Waals surface area contributed by atoms with Gasteiger partial charge in [-0.15, -0.1) is 0 Å². The van der Waals surface area contributed by atoms with Crippen molar-refractivity contribution in [2.45, 2.75) is 0 Å². The van der Waals surface area contributed by atoms with Crippen LogP contribution in [0.4, 0.5) is 23.0 Å². The second kappa shape index (κ2) is 8.22. The molecule has 1 aromatic heterocycles. The van der Waals surface area contributed by atoms with E-state index in [4.69, 9.17) is 5.73 Å². The third kappa shape index (κ3) is 4.56. The molecule has 0 radical (unpaired) electrons. The van der Waals surface area contributed by atoms with Crippen molar-refractivity contribution in [3.05, 3.63) is 96.7 Å². The highest BCUT2D eigenvalue weighted by atomic mass is 16.1. The molecule has 4 N–H and O–H groups in total. The van der Waals surface area contributed by atoms with Crippen molar-refractivity contribution in [2.75, 3.05) is 10.6 Å². The van der Waals surface area contributed by atoms with E-state index in [-0.39, 0.29) is 0 Å². The predicted molar refractivity (Wildman–Crippen MR) is 115 cm³/mol. The molecule has 0 fully saturated rings. The lowest BCUT2D eigenvalue weighted by atomic mass is 10.1. The zero-order chi connectivity index (χ0) is 20.1.